The fourth-order valence-electron chi connectivity index (χ4n) is 3.07. The summed E-state index contributed by atoms with van der Waals surface area (Å²) >= 11 is 5.96. The average molecular weight is 406 g/mol. The number of rotatable bonds is 9. The van der Waals surface area contributed by atoms with Crippen molar-refractivity contribution in [2.75, 3.05) is 14.2 Å². The summed E-state index contributed by atoms with van der Waals surface area (Å²) in [4.78, 5) is 12.6. The lowest BCUT2D eigenvalue weighted by Crippen LogP contribution is -2.24. The number of carbonyl (C=O) groups is 1. The van der Waals surface area contributed by atoms with Crippen molar-refractivity contribution in [3.63, 3.8) is 0 Å². The van der Waals surface area contributed by atoms with E-state index in [0.29, 0.717) is 22.9 Å². The van der Waals surface area contributed by atoms with E-state index in [1.165, 1.54) is 7.11 Å². The van der Waals surface area contributed by atoms with Crippen LogP contribution in [0.3, 0.4) is 0 Å². The molecule has 1 atom stereocenters. The highest BCUT2D eigenvalue weighted by Gasteiger charge is 2.14. The van der Waals surface area contributed by atoms with Crippen molar-refractivity contribution in [2.24, 2.45) is 0 Å². The van der Waals surface area contributed by atoms with Crippen molar-refractivity contribution in [2.45, 2.75) is 45.9 Å². The molecule has 6 heteroatoms. The number of amides is 1. The second-order valence-corrected chi connectivity index (χ2v) is 7.31. The Morgan fingerprint density at radius 1 is 1.04 bits per heavy atom. The Morgan fingerprint density at radius 3 is 2.39 bits per heavy atom. The predicted molar refractivity (Wildman–Crippen MR) is 112 cm³/mol. The number of hydrogen-bond acceptors (Lipinski definition) is 4. The Balaban J connectivity index is 2.12. The lowest BCUT2D eigenvalue weighted by atomic mass is 10.0. The second-order valence-electron chi connectivity index (χ2n) is 6.87. The molecule has 152 valence electrons. The maximum Gasteiger partial charge on any atom is 0.255 e. The number of carbonyl (C=O) groups excluding carboxylic acids is 1. The molecule has 0 bridgehead atoms. The molecule has 5 nitrogen and oxygen atoms in total. The van der Waals surface area contributed by atoms with Crippen LogP contribution in [-0.4, -0.2) is 32.3 Å². The van der Waals surface area contributed by atoms with Crippen LogP contribution in [0.4, 0.5) is 0 Å². The highest BCUT2D eigenvalue weighted by atomic mass is 35.5. The molecule has 0 radical (unpaired) electrons. The molecule has 0 aliphatic heterocycles. The molecule has 1 N–H and O–H groups in total. The average Bonchev–Trinajstić information content (AvgIpc) is 2.65. The normalized spacial score (nSPS) is 12.0. The molecule has 0 aliphatic carbocycles. The van der Waals surface area contributed by atoms with Crippen LogP contribution in [0.5, 0.6) is 11.5 Å². The minimum Gasteiger partial charge on any atom is -0.496 e. The van der Waals surface area contributed by atoms with E-state index in [2.05, 4.69) is 12.2 Å². The van der Waals surface area contributed by atoms with Gasteiger partial charge in [0.05, 0.1) is 32.0 Å². The van der Waals surface area contributed by atoms with Gasteiger partial charge in [0.25, 0.3) is 5.91 Å². The van der Waals surface area contributed by atoms with Crippen LogP contribution in [0.1, 0.15) is 42.3 Å². The van der Waals surface area contributed by atoms with Crippen LogP contribution in [0.2, 0.25) is 5.02 Å². The molecule has 0 saturated carbocycles. The van der Waals surface area contributed by atoms with Crippen LogP contribution in [-0.2, 0) is 17.7 Å². The van der Waals surface area contributed by atoms with E-state index in [1.807, 2.05) is 32.0 Å². The zero-order chi connectivity index (χ0) is 20.7. The molecule has 0 aromatic heterocycles. The minimum absolute atomic E-state index is 0.106. The SMILES string of the molecule is COc1ccc(CC(C)OC(C)C)cc1CNC(=O)c1ccc(Cl)cc1OC. The van der Waals surface area contributed by atoms with Gasteiger partial charge in [-0.3, -0.25) is 4.79 Å². The molecule has 28 heavy (non-hydrogen) atoms. The van der Waals surface area contributed by atoms with Gasteiger partial charge in [-0.25, -0.2) is 0 Å². The number of benzene rings is 2. The summed E-state index contributed by atoms with van der Waals surface area (Å²) in [6.45, 7) is 6.44. The summed E-state index contributed by atoms with van der Waals surface area (Å²) in [5, 5.41) is 3.44. The molecule has 2 aromatic carbocycles. The first-order valence-electron chi connectivity index (χ1n) is 9.27. The zero-order valence-electron chi connectivity index (χ0n) is 17.0. The van der Waals surface area contributed by atoms with Crippen molar-refractivity contribution >= 4 is 17.5 Å². The number of halogens is 1. The van der Waals surface area contributed by atoms with Crippen molar-refractivity contribution in [1.82, 2.24) is 5.32 Å². The molecular weight excluding hydrogens is 378 g/mol. The highest BCUT2D eigenvalue weighted by Crippen LogP contribution is 2.24. The summed E-state index contributed by atoms with van der Waals surface area (Å²) < 4.78 is 16.5. The Labute approximate surface area is 171 Å². The van der Waals surface area contributed by atoms with Gasteiger partial charge in [0.2, 0.25) is 0 Å². The van der Waals surface area contributed by atoms with E-state index >= 15 is 0 Å². The predicted octanol–water partition coefficient (Wildman–Crippen LogP) is 4.64. The van der Waals surface area contributed by atoms with Gasteiger partial charge in [-0.2, -0.15) is 0 Å². The summed E-state index contributed by atoms with van der Waals surface area (Å²) in [7, 11) is 3.13. The van der Waals surface area contributed by atoms with Gasteiger partial charge in [-0.05, 0) is 57.0 Å². The van der Waals surface area contributed by atoms with E-state index in [-0.39, 0.29) is 18.1 Å². The van der Waals surface area contributed by atoms with Gasteiger partial charge in [0, 0.05) is 17.1 Å². The number of nitrogens with one attached hydrogen (secondary N) is 1. The molecule has 0 fully saturated rings. The minimum atomic E-state index is -0.238. The van der Waals surface area contributed by atoms with E-state index in [1.54, 1.807) is 25.3 Å². The van der Waals surface area contributed by atoms with E-state index in [0.717, 1.165) is 23.3 Å². The summed E-state index contributed by atoms with van der Waals surface area (Å²) in [5.41, 5.74) is 2.46. The maximum atomic E-state index is 12.6. The van der Waals surface area contributed by atoms with Crippen molar-refractivity contribution < 1.29 is 19.0 Å². The number of methoxy groups -OCH3 is 2. The fraction of sp³-hybridized carbons (Fsp3) is 0.409. The number of hydrogen-bond donors (Lipinski definition) is 1. The maximum absolute atomic E-state index is 12.6. The van der Waals surface area contributed by atoms with Gasteiger partial charge >= 0.3 is 0 Å². The zero-order valence-corrected chi connectivity index (χ0v) is 17.8. The van der Waals surface area contributed by atoms with Crippen LogP contribution >= 0.6 is 11.6 Å². The molecule has 0 heterocycles. The van der Waals surface area contributed by atoms with Crippen LogP contribution in [0.15, 0.2) is 36.4 Å². The first-order chi connectivity index (χ1) is 13.3. The van der Waals surface area contributed by atoms with Crippen LogP contribution in [0, 0.1) is 0 Å². The standard InChI is InChI=1S/C22H28ClNO4/c1-14(2)28-15(3)10-16-6-9-20(26-4)17(11-16)13-24-22(25)19-8-7-18(23)12-21(19)27-5/h6-9,11-12,14-15H,10,13H2,1-5H3,(H,24,25). The molecular formula is C22H28ClNO4. The first kappa shape index (κ1) is 22.1. The molecule has 0 saturated heterocycles. The summed E-state index contributed by atoms with van der Waals surface area (Å²) in [6, 6.07) is 10.9. The van der Waals surface area contributed by atoms with E-state index in [4.69, 9.17) is 25.8 Å². The smallest absolute Gasteiger partial charge is 0.255 e. The van der Waals surface area contributed by atoms with Crippen LogP contribution in [0.25, 0.3) is 0 Å². The molecule has 1 amide bonds. The largest absolute Gasteiger partial charge is 0.496 e. The van der Waals surface area contributed by atoms with Crippen molar-refractivity contribution in [3.05, 3.63) is 58.1 Å². The monoisotopic (exact) mass is 405 g/mol. The van der Waals surface area contributed by atoms with Crippen molar-refractivity contribution in [3.8, 4) is 11.5 Å². The third kappa shape index (κ3) is 6.14. The molecule has 2 aromatic rings. The lowest BCUT2D eigenvalue weighted by molar-refractivity contribution is 0.0194. The van der Waals surface area contributed by atoms with Crippen LogP contribution < -0.4 is 14.8 Å². The summed E-state index contributed by atoms with van der Waals surface area (Å²) in [5.74, 6) is 0.924. The Kier molecular flexibility index (Phi) is 8.15. The first-order valence-corrected chi connectivity index (χ1v) is 9.64. The van der Waals surface area contributed by atoms with E-state index < -0.39 is 0 Å². The molecule has 1 unspecified atom stereocenters. The van der Waals surface area contributed by atoms with Crippen molar-refractivity contribution in [1.29, 1.82) is 0 Å². The third-order valence-corrected chi connectivity index (χ3v) is 4.46. The molecule has 0 aliphatic rings. The third-order valence-electron chi connectivity index (χ3n) is 4.22. The Hall–Kier alpha value is -2.24. The summed E-state index contributed by atoms with van der Waals surface area (Å²) in [6.07, 6.45) is 1.07. The quantitative estimate of drug-likeness (QED) is 0.660. The Morgan fingerprint density at radius 2 is 1.75 bits per heavy atom. The van der Waals surface area contributed by atoms with Gasteiger partial charge in [-0.15, -0.1) is 0 Å². The number of ether oxygens (including phenoxy) is 3. The van der Waals surface area contributed by atoms with Gasteiger partial charge in [0.1, 0.15) is 11.5 Å². The van der Waals surface area contributed by atoms with Gasteiger partial charge in [-0.1, -0.05) is 23.7 Å². The Bertz CT molecular complexity index is 807. The van der Waals surface area contributed by atoms with Gasteiger partial charge in [0.15, 0.2) is 0 Å². The molecule has 0 spiro atoms. The fourth-order valence-corrected chi connectivity index (χ4v) is 3.23. The highest BCUT2D eigenvalue weighted by molar-refractivity contribution is 6.30. The lowest BCUT2D eigenvalue weighted by Gasteiger charge is -2.17. The topological polar surface area (TPSA) is 56.8 Å². The van der Waals surface area contributed by atoms with Gasteiger partial charge < -0.3 is 19.5 Å². The molecule has 2 rings (SSSR count). The second kappa shape index (κ2) is 10.3. The van der Waals surface area contributed by atoms with E-state index in [9.17, 15) is 4.79 Å².